The van der Waals surface area contributed by atoms with E-state index in [1.807, 2.05) is 13.8 Å². The Morgan fingerprint density at radius 3 is 2.18 bits per heavy atom. The van der Waals surface area contributed by atoms with E-state index in [4.69, 9.17) is 4.74 Å². The summed E-state index contributed by atoms with van der Waals surface area (Å²) in [4.78, 5) is 25.6. The highest BCUT2D eigenvalue weighted by atomic mass is 16.6. The lowest BCUT2D eigenvalue weighted by molar-refractivity contribution is -0.133. The Labute approximate surface area is 102 Å². The zero-order valence-corrected chi connectivity index (χ0v) is 10.7. The molecule has 0 aromatic carbocycles. The van der Waals surface area contributed by atoms with E-state index in [9.17, 15) is 9.59 Å². The Hall–Kier alpha value is -1.06. The molecule has 0 N–H and O–H groups in total. The number of piperidine rings is 1. The van der Waals surface area contributed by atoms with Crippen molar-refractivity contribution >= 4 is 11.9 Å². The average Bonchev–Trinajstić information content (AvgIpc) is 3.10. The molecule has 1 aliphatic heterocycles. The van der Waals surface area contributed by atoms with Gasteiger partial charge in [0, 0.05) is 19.0 Å². The maximum atomic E-state index is 11.9. The average molecular weight is 239 g/mol. The van der Waals surface area contributed by atoms with Crippen molar-refractivity contribution in [2.45, 2.75) is 51.6 Å². The fourth-order valence-corrected chi connectivity index (χ4v) is 2.35. The lowest BCUT2D eigenvalue weighted by atomic mass is 10.0. The number of ketones is 1. The summed E-state index contributed by atoms with van der Waals surface area (Å²) in [5.41, 5.74) is -0.775. The van der Waals surface area contributed by atoms with Crippen molar-refractivity contribution in [1.82, 2.24) is 4.90 Å². The molecule has 1 amide bonds. The van der Waals surface area contributed by atoms with Crippen molar-refractivity contribution in [2.24, 2.45) is 5.92 Å². The number of hydrogen-bond donors (Lipinski definition) is 0. The number of ether oxygens (including phenoxy) is 1. The molecule has 96 valence electrons. The number of nitrogens with zero attached hydrogens (tertiary/aromatic N) is 1. The van der Waals surface area contributed by atoms with Crippen molar-refractivity contribution in [1.29, 1.82) is 0 Å². The second-order valence-corrected chi connectivity index (χ2v) is 5.43. The van der Waals surface area contributed by atoms with Gasteiger partial charge in [0.1, 0.15) is 0 Å². The summed E-state index contributed by atoms with van der Waals surface area (Å²) >= 11 is 0. The third-order valence-corrected chi connectivity index (χ3v) is 3.57. The number of amides is 1. The van der Waals surface area contributed by atoms with E-state index in [0.29, 0.717) is 12.8 Å². The Bertz CT molecular complexity index is 315. The zero-order valence-electron chi connectivity index (χ0n) is 10.7. The van der Waals surface area contributed by atoms with Crippen LogP contribution >= 0.6 is 0 Å². The molecule has 0 aromatic heterocycles. The van der Waals surface area contributed by atoms with E-state index in [2.05, 4.69) is 0 Å². The van der Waals surface area contributed by atoms with Gasteiger partial charge < -0.3 is 9.64 Å². The Morgan fingerprint density at radius 1 is 1.12 bits per heavy atom. The van der Waals surface area contributed by atoms with Crippen LogP contribution < -0.4 is 0 Å². The van der Waals surface area contributed by atoms with Gasteiger partial charge in [0.25, 0.3) is 0 Å². The first kappa shape index (κ1) is 12.4. The smallest absolute Gasteiger partial charge is 0.410 e. The van der Waals surface area contributed by atoms with Crippen LogP contribution in [0.3, 0.4) is 0 Å². The Kier molecular flexibility index (Phi) is 3.40. The van der Waals surface area contributed by atoms with Crippen LogP contribution in [0.15, 0.2) is 0 Å². The predicted molar refractivity (Wildman–Crippen MR) is 63.7 cm³/mol. The Morgan fingerprint density at radius 2 is 1.71 bits per heavy atom. The largest absolute Gasteiger partial charge is 0.435 e. The van der Waals surface area contributed by atoms with Gasteiger partial charge in [-0.2, -0.15) is 0 Å². The number of hydrogen-bond acceptors (Lipinski definition) is 3. The molecule has 1 saturated heterocycles. The van der Waals surface area contributed by atoms with E-state index in [1.165, 1.54) is 6.42 Å². The molecular weight excluding hydrogens is 218 g/mol. The van der Waals surface area contributed by atoms with Crippen LogP contribution in [0.2, 0.25) is 0 Å². The summed E-state index contributed by atoms with van der Waals surface area (Å²) in [6, 6.07) is 0. The third-order valence-electron chi connectivity index (χ3n) is 3.57. The lowest BCUT2D eigenvalue weighted by Gasteiger charge is -2.28. The van der Waals surface area contributed by atoms with E-state index >= 15 is 0 Å². The first-order valence-corrected chi connectivity index (χ1v) is 6.57. The van der Waals surface area contributed by atoms with Crippen molar-refractivity contribution in [3.8, 4) is 0 Å². The molecule has 0 bridgehead atoms. The van der Waals surface area contributed by atoms with E-state index < -0.39 is 5.60 Å². The number of Topliss-reactive ketones (excluding diaryl/α,β-unsaturated/α-hetero) is 1. The molecule has 0 unspecified atom stereocenters. The third kappa shape index (κ3) is 2.61. The topological polar surface area (TPSA) is 46.6 Å². The van der Waals surface area contributed by atoms with Crippen LogP contribution in [0.5, 0.6) is 0 Å². The molecule has 1 aliphatic carbocycles. The monoisotopic (exact) mass is 239 g/mol. The van der Waals surface area contributed by atoms with Crippen molar-refractivity contribution < 1.29 is 14.3 Å². The van der Waals surface area contributed by atoms with E-state index in [-0.39, 0.29) is 17.8 Å². The summed E-state index contributed by atoms with van der Waals surface area (Å²) in [7, 11) is 0. The highest BCUT2D eigenvalue weighted by molar-refractivity contribution is 5.93. The van der Waals surface area contributed by atoms with Gasteiger partial charge in [-0.25, -0.2) is 4.79 Å². The summed E-state index contributed by atoms with van der Waals surface area (Å²) < 4.78 is 5.45. The Balaban J connectivity index is 1.92. The molecular formula is C13H21NO3. The minimum atomic E-state index is -0.775. The maximum Gasteiger partial charge on any atom is 0.410 e. The van der Waals surface area contributed by atoms with Crippen LogP contribution in [0.1, 0.15) is 46.0 Å². The van der Waals surface area contributed by atoms with Crippen LogP contribution in [0.25, 0.3) is 0 Å². The zero-order chi connectivity index (χ0) is 12.5. The van der Waals surface area contributed by atoms with Crippen LogP contribution in [-0.4, -0.2) is 35.5 Å². The van der Waals surface area contributed by atoms with Gasteiger partial charge in [-0.15, -0.1) is 0 Å². The molecule has 2 aliphatic rings. The van der Waals surface area contributed by atoms with Crippen molar-refractivity contribution in [2.75, 3.05) is 13.1 Å². The molecule has 17 heavy (non-hydrogen) atoms. The van der Waals surface area contributed by atoms with Gasteiger partial charge in [0.15, 0.2) is 11.4 Å². The van der Waals surface area contributed by atoms with Crippen LogP contribution in [-0.2, 0) is 9.53 Å². The number of carbonyl (C=O) groups is 2. The molecule has 0 aromatic rings. The number of carbonyl (C=O) groups excluding carboxylic acids is 2. The molecule has 4 nitrogen and oxygen atoms in total. The standard InChI is InChI=1S/C13H21NO3/c1-10(2)11(15)13(6-7-13)17-12(16)14-8-4-3-5-9-14/h10H,3-9H2,1-2H3. The molecule has 0 radical (unpaired) electrons. The summed E-state index contributed by atoms with van der Waals surface area (Å²) in [6.45, 7) is 5.25. The number of likely N-dealkylation sites (tertiary alicyclic amines) is 1. The maximum absolute atomic E-state index is 11.9. The van der Waals surface area contributed by atoms with Gasteiger partial charge in [-0.1, -0.05) is 13.8 Å². The molecule has 0 spiro atoms. The highest BCUT2D eigenvalue weighted by Gasteiger charge is 2.54. The van der Waals surface area contributed by atoms with Gasteiger partial charge in [0.05, 0.1) is 0 Å². The summed E-state index contributed by atoms with van der Waals surface area (Å²) in [6.07, 6.45) is 4.37. The van der Waals surface area contributed by atoms with Crippen molar-refractivity contribution in [3.63, 3.8) is 0 Å². The molecule has 1 heterocycles. The van der Waals surface area contributed by atoms with Gasteiger partial charge in [-0.3, -0.25) is 4.79 Å². The second-order valence-electron chi connectivity index (χ2n) is 5.43. The summed E-state index contributed by atoms with van der Waals surface area (Å²) in [5, 5.41) is 0. The van der Waals surface area contributed by atoms with Gasteiger partial charge in [0.2, 0.25) is 0 Å². The normalized spacial score (nSPS) is 22.4. The first-order valence-electron chi connectivity index (χ1n) is 6.57. The number of rotatable bonds is 3. The van der Waals surface area contributed by atoms with Crippen LogP contribution in [0.4, 0.5) is 4.79 Å². The van der Waals surface area contributed by atoms with E-state index in [0.717, 1.165) is 25.9 Å². The van der Waals surface area contributed by atoms with E-state index in [1.54, 1.807) is 4.90 Å². The molecule has 2 rings (SSSR count). The second kappa shape index (κ2) is 4.67. The minimum absolute atomic E-state index is 0.0633. The lowest BCUT2D eigenvalue weighted by Crippen LogP contribution is -2.41. The van der Waals surface area contributed by atoms with Crippen molar-refractivity contribution in [3.05, 3.63) is 0 Å². The molecule has 2 fully saturated rings. The fourth-order valence-electron chi connectivity index (χ4n) is 2.35. The fraction of sp³-hybridized carbons (Fsp3) is 0.846. The predicted octanol–water partition coefficient (Wildman–Crippen LogP) is 2.37. The van der Waals surface area contributed by atoms with Crippen LogP contribution in [0, 0.1) is 5.92 Å². The van der Waals surface area contributed by atoms with Gasteiger partial charge in [-0.05, 0) is 32.1 Å². The summed E-state index contributed by atoms with van der Waals surface area (Å²) in [5.74, 6) is 0.00881. The minimum Gasteiger partial charge on any atom is -0.435 e. The highest BCUT2D eigenvalue weighted by Crippen LogP contribution is 2.42. The molecule has 1 saturated carbocycles. The SMILES string of the molecule is CC(C)C(=O)C1(OC(=O)N2CCCCC2)CC1. The molecule has 0 atom stereocenters. The van der Waals surface area contributed by atoms with Gasteiger partial charge >= 0.3 is 6.09 Å². The quantitative estimate of drug-likeness (QED) is 0.759. The first-order chi connectivity index (χ1) is 8.05. The molecule has 4 heteroatoms.